The lowest BCUT2D eigenvalue weighted by Crippen LogP contribution is -2.35. The summed E-state index contributed by atoms with van der Waals surface area (Å²) in [6.45, 7) is 5.65. The van der Waals surface area contributed by atoms with Gasteiger partial charge in [0.15, 0.2) is 0 Å². The van der Waals surface area contributed by atoms with Gasteiger partial charge in [0.05, 0.1) is 11.7 Å². The Morgan fingerprint density at radius 2 is 2.06 bits per heavy atom. The number of hydrogen-bond acceptors (Lipinski definition) is 2. The van der Waals surface area contributed by atoms with Crippen molar-refractivity contribution in [3.05, 3.63) is 18.0 Å². The average Bonchev–Trinajstić information content (AvgIpc) is 2.82. The van der Waals surface area contributed by atoms with Crippen LogP contribution in [0.5, 0.6) is 0 Å². The first-order valence-corrected chi connectivity index (χ1v) is 7.47. The van der Waals surface area contributed by atoms with Gasteiger partial charge in [0.2, 0.25) is 0 Å². The maximum Gasteiger partial charge on any atom is 0.0627 e. The van der Waals surface area contributed by atoms with Gasteiger partial charge in [0.1, 0.15) is 0 Å². The molecule has 0 spiro atoms. The molecule has 1 heterocycles. The second-order valence-corrected chi connectivity index (χ2v) is 5.62. The summed E-state index contributed by atoms with van der Waals surface area (Å²) in [7, 11) is 2.05. The minimum atomic E-state index is 0.577. The molecule has 0 radical (unpaired) electrons. The second kappa shape index (κ2) is 6.37. The Labute approximate surface area is 111 Å². The third-order valence-electron chi connectivity index (χ3n) is 4.49. The molecule has 0 saturated heterocycles. The lowest BCUT2D eigenvalue weighted by Gasteiger charge is -2.36. The molecule has 0 bridgehead atoms. The van der Waals surface area contributed by atoms with Crippen LogP contribution in [0, 0.1) is 11.8 Å². The Morgan fingerprint density at radius 1 is 1.33 bits per heavy atom. The summed E-state index contributed by atoms with van der Waals surface area (Å²) in [5.41, 5.74) is 1.28. The molecule has 1 aromatic heterocycles. The van der Waals surface area contributed by atoms with Gasteiger partial charge in [-0.1, -0.05) is 13.8 Å². The molecule has 3 heteroatoms. The molecule has 18 heavy (non-hydrogen) atoms. The van der Waals surface area contributed by atoms with Gasteiger partial charge in [-0.15, -0.1) is 0 Å². The molecule has 0 aromatic carbocycles. The zero-order chi connectivity index (χ0) is 13.0. The molecule has 2 unspecified atom stereocenters. The van der Waals surface area contributed by atoms with E-state index >= 15 is 0 Å². The van der Waals surface area contributed by atoms with Crippen molar-refractivity contribution in [3.8, 4) is 0 Å². The van der Waals surface area contributed by atoms with Crippen molar-refractivity contribution >= 4 is 0 Å². The van der Waals surface area contributed by atoms with Gasteiger partial charge in [-0.05, 0) is 63.6 Å². The summed E-state index contributed by atoms with van der Waals surface area (Å²) in [5, 5.41) is 8.07. The van der Waals surface area contributed by atoms with E-state index in [1.165, 1.54) is 37.8 Å². The minimum Gasteiger partial charge on any atom is -0.319 e. The number of rotatable bonds is 7. The normalized spacial score (nSPS) is 23.3. The van der Waals surface area contributed by atoms with Gasteiger partial charge < -0.3 is 5.32 Å². The Morgan fingerprint density at radius 3 is 2.61 bits per heavy atom. The van der Waals surface area contributed by atoms with Crippen LogP contribution in [0.1, 0.15) is 51.3 Å². The molecule has 2 atom stereocenters. The minimum absolute atomic E-state index is 0.577. The van der Waals surface area contributed by atoms with E-state index in [4.69, 9.17) is 5.10 Å². The number of aromatic nitrogens is 2. The SMILES string of the molecule is CCC(CC)n1ccc(CC2CCC2CNC)n1. The Balaban J connectivity index is 1.90. The third kappa shape index (κ3) is 2.94. The zero-order valence-electron chi connectivity index (χ0n) is 12.0. The molecule has 1 saturated carbocycles. The number of nitrogens with one attached hydrogen (secondary N) is 1. The van der Waals surface area contributed by atoms with E-state index < -0.39 is 0 Å². The Hall–Kier alpha value is -0.830. The van der Waals surface area contributed by atoms with Gasteiger partial charge in [0, 0.05) is 6.20 Å². The largest absolute Gasteiger partial charge is 0.319 e. The molecule has 0 aliphatic heterocycles. The predicted octanol–water partition coefficient (Wildman–Crippen LogP) is 3.03. The molecule has 1 fully saturated rings. The van der Waals surface area contributed by atoms with Gasteiger partial charge in [-0.3, -0.25) is 4.68 Å². The quantitative estimate of drug-likeness (QED) is 0.805. The fourth-order valence-corrected chi connectivity index (χ4v) is 3.06. The van der Waals surface area contributed by atoms with E-state index in [0.29, 0.717) is 6.04 Å². The maximum absolute atomic E-state index is 4.76. The zero-order valence-corrected chi connectivity index (χ0v) is 12.0. The molecule has 102 valence electrons. The van der Waals surface area contributed by atoms with Gasteiger partial charge >= 0.3 is 0 Å². The lowest BCUT2D eigenvalue weighted by atomic mass is 9.71. The van der Waals surface area contributed by atoms with Crippen molar-refractivity contribution in [2.75, 3.05) is 13.6 Å². The third-order valence-corrected chi connectivity index (χ3v) is 4.49. The molecule has 1 aliphatic carbocycles. The van der Waals surface area contributed by atoms with Gasteiger partial charge in [-0.2, -0.15) is 5.10 Å². The van der Waals surface area contributed by atoms with Crippen LogP contribution in [0.3, 0.4) is 0 Å². The average molecular weight is 249 g/mol. The van der Waals surface area contributed by atoms with E-state index in [1.807, 2.05) is 0 Å². The highest BCUT2D eigenvalue weighted by Gasteiger charge is 2.30. The van der Waals surface area contributed by atoms with Crippen LogP contribution in [0.15, 0.2) is 12.3 Å². The lowest BCUT2D eigenvalue weighted by molar-refractivity contribution is 0.172. The first kappa shape index (κ1) is 13.6. The highest BCUT2D eigenvalue weighted by atomic mass is 15.3. The van der Waals surface area contributed by atoms with Crippen LogP contribution in [-0.4, -0.2) is 23.4 Å². The van der Waals surface area contributed by atoms with E-state index in [0.717, 1.165) is 18.4 Å². The second-order valence-electron chi connectivity index (χ2n) is 5.62. The highest BCUT2D eigenvalue weighted by Crippen LogP contribution is 2.36. The number of hydrogen-bond donors (Lipinski definition) is 1. The Kier molecular flexibility index (Phi) is 4.81. The first-order chi connectivity index (χ1) is 8.78. The van der Waals surface area contributed by atoms with E-state index in [2.05, 4.69) is 43.2 Å². The van der Waals surface area contributed by atoms with E-state index in [-0.39, 0.29) is 0 Å². The van der Waals surface area contributed by atoms with Crippen LogP contribution >= 0.6 is 0 Å². The first-order valence-electron chi connectivity index (χ1n) is 7.47. The topological polar surface area (TPSA) is 29.9 Å². The molecular formula is C15H27N3. The summed E-state index contributed by atoms with van der Waals surface area (Å²) in [6, 6.07) is 2.79. The van der Waals surface area contributed by atoms with Crippen molar-refractivity contribution in [2.45, 2.75) is 52.0 Å². The van der Waals surface area contributed by atoms with E-state index in [1.54, 1.807) is 0 Å². The van der Waals surface area contributed by atoms with Crippen LogP contribution in [0.25, 0.3) is 0 Å². The molecular weight excluding hydrogens is 222 g/mol. The molecule has 0 amide bonds. The molecule has 1 aliphatic rings. The fraction of sp³-hybridized carbons (Fsp3) is 0.800. The van der Waals surface area contributed by atoms with Crippen LogP contribution < -0.4 is 5.32 Å². The van der Waals surface area contributed by atoms with Crippen LogP contribution in [-0.2, 0) is 6.42 Å². The molecule has 2 rings (SSSR count). The van der Waals surface area contributed by atoms with Crippen molar-refractivity contribution < 1.29 is 0 Å². The summed E-state index contributed by atoms with van der Waals surface area (Å²) in [6.07, 6.45) is 8.44. The van der Waals surface area contributed by atoms with Crippen molar-refractivity contribution in [1.29, 1.82) is 0 Å². The fourth-order valence-electron chi connectivity index (χ4n) is 3.06. The Bertz CT molecular complexity index is 354. The smallest absolute Gasteiger partial charge is 0.0627 e. The summed E-state index contributed by atoms with van der Waals surface area (Å²) in [4.78, 5) is 0. The van der Waals surface area contributed by atoms with Gasteiger partial charge in [-0.25, -0.2) is 0 Å². The monoisotopic (exact) mass is 249 g/mol. The van der Waals surface area contributed by atoms with Crippen LogP contribution in [0.4, 0.5) is 0 Å². The summed E-state index contributed by atoms with van der Waals surface area (Å²) < 4.78 is 2.17. The van der Waals surface area contributed by atoms with Crippen molar-refractivity contribution in [3.63, 3.8) is 0 Å². The molecule has 1 N–H and O–H groups in total. The van der Waals surface area contributed by atoms with Crippen molar-refractivity contribution in [1.82, 2.24) is 15.1 Å². The standard InChI is InChI=1S/C15H27N3/c1-4-15(5-2)18-9-8-14(17-18)10-12-6-7-13(12)11-16-3/h8-9,12-13,15-16H,4-7,10-11H2,1-3H3. The number of nitrogens with zero attached hydrogens (tertiary/aromatic N) is 2. The van der Waals surface area contributed by atoms with Gasteiger partial charge in [0.25, 0.3) is 0 Å². The van der Waals surface area contributed by atoms with E-state index in [9.17, 15) is 0 Å². The maximum atomic E-state index is 4.76. The van der Waals surface area contributed by atoms with Crippen LogP contribution in [0.2, 0.25) is 0 Å². The van der Waals surface area contributed by atoms with Crippen molar-refractivity contribution in [2.24, 2.45) is 11.8 Å². The highest BCUT2D eigenvalue weighted by molar-refractivity contribution is 5.03. The summed E-state index contributed by atoms with van der Waals surface area (Å²) in [5.74, 6) is 1.72. The predicted molar refractivity (Wildman–Crippen MR) is 75.7 cm³/mol. The molecule has 3 nitrogen and oxygen atoms in total. The molecule has 1 aromatic rings. The summed E-state index contributed by atoms with van der Waals surface area (Å²) >= 11 is 0.